The number of benzene rings is 4. The van der Waals surface area contributed by atoms with E-state index in [-0.39, 0.29) is 18.3 Å². The van der Waals surface area contributed by atoms with Crippen LogP contribution in [-0.2, 0) is 0 Å². The maximum Gasteiger partial charge on any atom is 0.251 e. The van der Waals surface area contributed by atoms with Gasteiger partial charge in [0.1, 0.15) is 0 Å². The van der Waals surface area contributed by atoms with E-state index in [0.717, 1.165) is 56.5 Å². The summed E-state index contributed by atoms with van der Waals surface area (Å²) < 4.78 is 2.40. The number of halogens is 1. The second kappa shape index (κ2) is 11.5. The molecular formula is C31H32ClN3OS. The van der Waals surface area contributed by atoms with Crippen LogP contribution in [0.2, 0.25) is 0 Å². The zero-order valence-electron chi connectivity index (χ0n) is 20.9. The molecule has 1 aliphatic heterocycles. The van der Waals surface area contributed by atoms with Gasteiger partial charge in [0.2, 0.25) is 0 Å². The van der Waals surface area contributed by atoms with Gasteiger partial charge in [-0.1, -0.05) is 60.7 Å². The van der Waals surface area contributed by atoms with Crippen LogP contribution in [0.4, 0.5) is 5.69 Å². The molecule has 0 atom stereocenters. The number of nitrogens with one attached hydrogen (secondary N) is 1. The van der Waals surface area contributed by atoms with E-state index in [1.165, 1.54) is 31.2 Å². The maximum absolute atomic E-state index is 13.0. The molecule has 0 saturated carbocycles. The Labute approximate surface area is 228 Å². The van der Waals surface area contributed by atoms with Crippen LogP contribution in [0.5, 0.6) is 0 Å². The second-order valence-corrected chi connectivity index (χ2v) is 10.7. The van der Waals surface area contributed by atoms with Crippen LogP contribution in [0, 0.1) is 0 Å². The SMILES string of the molecule is Cl.O=C(NCCCCN1CCN(c2cccc3ccccc23)CC1)c1cccc2sc3ccccc3c12. The van der Waals surface area contributed by atoms with Gasteiger partial charge in [-0.3, -0.25) is 9.69 Å². The van der Waals surface area contributed by atoms with Crippen LogP contribution < -0.4 is 10.2 Å². The molecule has 37 heavy (non-hydrogen) atoms. The van der Waals surface area contributed by atoms with Crippen molar-refractivity contribution in [3.05, 3.63) is 90.5 Å². The largest absolute Gasteiger partial charge is 0.368 e. The fraction of sp³-hybridized carbons (Fsp3) is 0.258. The van der Waals surface area contributed by atoms with E-state index in [0.29, 0.717) is 6.54 Å². The number of fused-ring (bicyclic) bond motifs is 4. The Hall–Kier alpha value is -3.12. The Bertz CT molecular complexity index is 1520. The summed E-state index contributed by atoms with van der Waals surface area (Å²) in [5.74, 6) is 0.0351. The molecule has 190 valence electrons. The first-order chi connectivity index (χ1) is 17.8. The van der Waals surface area contributed by atoms with Crippen LogP contribution >= 0.6 is 23.7 Å². The van der Waals surface area contributed by atoms with E-state index in [4.69, 9.17) is 0 Å². The molecular weight excluding hydrogens is 498 g/mol. The summed E-state index contributed by atoms with van der Waals surface area (Å²) in [6.45, 7) is 6.09. The summed E-state index contributed by atoms with van der Waals surface area (Å²) in [7, 11) is 0. The molecule has 4 aromatic carbocycles. The van der Waals surface area contributed by atoms with E-state index in [2.05, 4.69) is 81.8 Å². The van der Waals surface area contributed by atoms with Crippen LogP contribution in [0.3, 0.4) is 0 Å². The number of carbonyl (C=O) groups excluding carboxylic acids is 1. The highest BCUT2D eigenvalue weighted by Crippen LogP contribution is 2.35. The highest BCUT2D eigenvalue weighted by Gasteiger charge is 2.18. The van der Waals surface area contributed by atoms with Crippen LogP contribution in [0.25, 0.3) is 30.9 Å². The molecule has 0 aliphatic carbocycles. The lowest BCUT2D eigenvalue weighted by Gasteiger charge is -2.36. The molecule has 0 unspecified atom stereocenters. The second-order valence-electron chi connectivity index (χ2n) is 9.57. The third kappa shape index (κ3) is 5.30. The van der Waals surface area contributed by atoms with Crippen molar-refractivity contribution in [2.75, 3.05) is 44.2 Å². The monoisotopic (exact) mass is 529 g/mol. The topological polar surface area (TPSA) is 35.6 Å². The summed E-state index contributed by atoms with van der Waals surface area (Å²) in [6, 6.07) is 29.7. The van der Waals surface area contributed by atoms with Crippen molar-refractivity contribution < 1.29 is 4.79 Å². The van der Waals surface area contributed by atoms with Crippen molar-refractivity contribution in [1.29, 1.82) is 0 Å². The zero-order chi connectivity index (χ0) is 24.3. The average molecular weight is 530 g/mol. The number of carbonyl (C=O) groups is 1. The fourth-order valence-corrected chi connectivity index (χ4v) is 6.55. The number of thiophene rings is 1. The number of hydrogen-bond donors (Lipinski definition) is 1. The third-order valence-corrected chi connectivity index (χ3v) is 8.45. The molecule has 1 fully saturated rings. The van der Waals surface area contributed by atoms with Gasteiger partial charge < -0.3 is 10.2 Å². The minimum Gasteiger partial charge on any atom is -0.368 e. The van der Waals surface area contributed by atoms with Gasteiger partial charge in [0, 0.05) is 69.5 Å². The van der Waals surface area contributed by atoms with Gasteiger partial charge in [0.05, 0.1) is 0 Å². The molecule has 0 spiro atoms. The molecule has 1 saturated heterocycles. The van der Waals surface area contributed by atoms with Crippen molar-refractivity contribution in [2.24, 2.45) is 0 Å². The van der Waals surface area contributed by atoms with Gasteiger partial charge in [0.25, 0.3) is 5.91 Å². The van der Waals surface area contributed by atoms with Crippen molar-refractivity contribution in [3.8, 4) is 0 Å². The molecule has 4 nitrogen and oxygen atoms in total. The molecule has 1 aliphatic rings. The number of rotatable bonds is 7. The summed E-state index contributed by atoms with van der Waals surface area (Å²) in [6.07, 6.45) is 2.09. The standard InChI is InChI=1S/C31H31N3OS.ClH/c35-31(26-13-8-16-29-30(26)25-12-3-4-15-28(25)36-29)32-17-5-6-18-33-19-21-34(22-20-33)27-14-7-10-23-9-1-2-11-24(23)27;/h1-4,7-16H,5-6,17-22H2,(H,32,35);1H. The van der Waals surface area contributed by atoms with E-state index in [9.17, 15) is 4.79 Å². The van der Waals surface area contributed by atoms with Crippen LogP contribution in [-0.4, -0.2) is 50.1 Å². The number of nitrogens with zero attached hydrogens (tertiary/aromatic N) is 2. The van der Waals surface area contributed by atoms with Crippen molar-refractivity contribution in [2.45, 2.75) is 12.8 Å². The number of hydrogen-bond acceptors (Lipinski definition) is 4. The minimum atomic E-state index is 0. The first-order valence-corrected chi connectivity index (χ1v) is 13.7. The smallest absolute Gasteiger partial charge is 0.251 e. The first-order valence-electron chi connectivity index (χ1n) is 12.9. The Morgan fingerprint density at radius 2 is 1.46 bits per heavy atom. The summed E-state index contributed by atoms with van der Waals surface area (Å²) in [4.78, 5) is 18.1. The maximum atomic E-state index is 13.0. The Kier molecular flexibility index (Phi) is 7.94. The van der Waals surface area contributed by atoms with E-state index < -0.39 is 0 Å². The number of unbranched alkanes of at least 4 members (excludes halogenated alkanes) is 1. The quantitative estimate of drug-likeness (QED) is 0.231. The third-order valence-electron chi connectivity index (χ3n) is 7.31. The van der Waals surface area contributed by atoms with Gasteiger partial charge in [-0.05, 0) is 49.0 Å². The zero-order valence-corrected chi connectivity index (χ0v) is 22.5. The van der Waals surface area contributed by atoms with Crippen molar-refractivity contribution >= 4 is 66.3 Å². The molecule has 1 aromatic heterocycles. The number of anilines is 1. The minimum absolute atomic E-state index is 0. The van der Waals surface area contributed by atoms with Crippen LogP contribution in [0.15, 0.2) is 84.9 Å². The average Bonchev–Trinajstić information content (AvgIpc) is 3.32. The molecule has 6 rings (SSSR count). The Morgan fingerprint density at radius 1 is 0.757 bits per heavy atom. The van der Waals surface area contributed by atoms with Gasteiger partial charge in [-0.15, -0.1) is 23.7 Å². The summed E-state index contributed by atoms with van der Waals surface area (Å²) in [5, 5.41) is 8.07. The fourth-order valence-electron chi connectivity index (χ4n) is 5.42. The van der Waals surface area contributed by atoms with E-state index in [1.807, 2.05) is 18.2 Å². The van der Waals surface area contributed by atoms with Gasteiger partial charge in [-0.25, -0.2) is 0 Å². The van der Waals surface area contributed by atoms with E-state index in [1.54, 1.807) is 11.3 Å². The molecule has 1 N–H and O–H groups in total. The van der Waals surface area contributed by atoms with Crippen molar-refractivity contribution in [3.63, 3.8) is 0 Å². The first kappa shape index (κ1) is 25.5. The number of amides is 1. The summed E-state index contributed by atoms with van der Waals surface area (Å²) >= 11 is 1.75. The van der Waals surface area contributed by atoms with Gasteiger partial charge in [0.15, 0.2) is 0 Å². The van der Waals surface area contributed by atoms with E-state index >= 15 is 0 Å². The van der Waals surface area contributed by atoms with Crippen LogP contribution in [0.1, 0.15) is 23.2 Å². The molecule has 2 heterocycles. The Morgan fingerprint density at radius 3 is 2.32 bits per heavy atom. The molecule has 0 bridgehead atoms. The lowest BCUT2D eigenvalue weighted by Crippen LogP contribution is -2.46. The predicted octanol–water partition coefficient (Wildman–Crippen LogP) is 6.96. The van der Waals surface area contributed by atoms with Gasteiger partial charge in [-0.2, -0.15) is 0 Å². The Balaban J connectivity index is 0.00000280. The normalized spacial score (nSPS) is 14.2. The number of piperazine rings is 1. The van der Waals surface area contributed by atoms with Crippen molar-refractivity contribution in [1.82, 2.24) is 10.2 Å². The predicted molar refractivity (Wildman–Crippen MR) is 161 cm³/mol. The highest BCUT2D eigenvalue weighted by atomic mass is 35.5. The lowest BCUT2D eigenvalue weighted by molar-refractivity contribution is 0.0954. The summed E-state index contributed by atoms with van der Waals surface area (Å²) in [5.41, 5.74) is 2.14. The molecule has 5 aromatic rings. The molecule has 6 heteroatoms. The molecule has 0 radical (unpaired) electrons. The highest BCUT2D eigenvalue weighted by molar-refractivity contribution is 7.25. The van der Waals surface area contributed by atoms with Gasteiger partial charge >= 0.3 is 0 Å². The molecule has 1 amide bonds. The lowest BCUT2D eigenvalue weighted by atomic mass is 10.1.